The molecule has 0 heterocycles. The number of hydrogen-bond acceptors (Lipinski definition) is 10. The maximum Gasteiger partial charge on any atom is 2.00 e. The summed E-state index contributed by atoms with van der Waals surface area (Å²) in [6, 6.07) is 0. The van der Waals surface area contributed by atoms with Crippen LogP contribution in [0.3, 0.4) is 0 Å². The molecule has 0 aromatic heterocycles. The Morgan fingerprint density at radius 3 is 1.15 bits per heavy atom. The predicted molar refractivity (Wildman–Crippen MR) is 123 cm³/mol. The smallest absolute Gasteiger partial charge is 0.748 e. The average Bonchev–Trinajstić information content (AvgIpc) is 2.64. The molecule has 33 heavy (non-hydrogen) atoms. The van der Waals surface area contributed by atoms with Gasteiger partial charge in [0.25, 0.3) is 0 Å². The Morgan fingerprint density at radius 2 is 0.909 bits per heavy atom. The summed E-state index contributed by atoms with van der Waals surface area (Å²) in [6.45, 7) is 10.6. The summed E-state index contributed by atoms with van der Waals surface area (Å²) in [5, 5.41) is 0. The van der Waals surface area contributed by atoms with Crippen LogP contribution in [0.4, 0.5) is 0 Å². The Labute approximate surface area is 213 Å². The van der Waals surface area contributed by atoms with E-state index in [0.717, 1.165) is 12.8 Å². The SMILES string of the molecule is C=C(C)C(=O)OCCCCCCS(=O)(=O)[O-].C=C(C)C(=O)OCCCCCCS(=O)(=O)[O-].[Mg+2]. The Morgan fingerprint density at radius 1 is 0.636 bits per heavy atom. The van der Waals surface area contributed by atoms with Crippen molar-refractivity contribution in [1.82, 2.24) is 0 Å². The summed E-state index contributed by atoms with van der Waals surface area (Å²) >= 11 is 0. The van der Waals surface area contributed by atoms with Crippen LogP contribution in [-0.4, -0.2) is 85.7 Å². The fourth-order valence-corrected chi connectivity index (χ4v) is 3.16. The fraction of sp³-hybridized carbons (Fsp3) is 0.700. The second-order valence-corrected chi connectivity index (χ2v) is 10.2. The van der Waals surface area contributed by atoms with E-state index in [9.17, 15) is 35.5 Å². The summed E-state index contributed by atoms with van der Waals surface area (Å²) in [6.07, 6.45) is 4.81. The van der Waals surface area contributed by atoms with Crippen molar-refractivity contribution in [2.45, 2.75) is 65.2 Å². The molecule has 0 aromatic rings. The Balaban J connectivity index is -0.000000529. The molecule has 0 aliphatic carbocycles. The molecule has 0 bridgehead atoms. The maximum atomic E-state index is 10.9. The van der Waals surface area contributed by atoms with E-state index in [1.807, 2.05) is 0 Å². The molecule has 0 radical (unpaired) electrons. The molecule has 0 N–H and O–H groups in total. The summed E-state index contributed by atoms with van der Waals surface area (Å²) in [7, 11) is -8.18. The van der Waals surface area contributed by atoms with Gasteiger partial charge < -0.3 is 18.6 Å². The Hall–Kier alpha value is -0.994. The van der Waals surface area contributed by atoms with Gasteiger partial charge in [-0.25, -0.2) is 26.4 Å². The van der Waals surface area contributed by atoms with Gasteiger partial charge in [0.15, 0.2) is 0 Å². The molecule has 0 aliphatic heterocycles. The van der Waals surface area contributed by atoms with Crippen LogP contribution in [0.15, 0.2) is 24.3 Å². The number of carbonyl (C=O) groups is 2. The van der Waals surface area contributed by atoms with Gasteiger partial charge in [0.05, 0.1) is 33.5 Å². The van der Waals surface area contributed by atoms with Crippen molar-refractivity contribution in [2.75, 3.05) is 24.7 Å². The van der Waals surface area contributed by atoms with Gasteiger partial charge in [0.1, 0.15) is 0 Å². The third kappa shape index (κ3) is 31.0. The minimum atomic E-state index is -4.09. The first-order valence-corrected chi connectivity index (χ1v) is 13.3. The first kappa shape index (κ1) is 36.6. The first-order chi connectivity index (χ1) is 14.7. The van der Waals surface area contributed by atoms with Crippen molar-refractivity contribution in [3.8, 4) is 0 Å². The van der Waals surface area contributed by atoms with Gasteiger partial charge in [0, 0.05) is 22.7 Å². The number of ether oxygens (including phenoxy) is 2. The van der Waals surface area contributed by atoms with E-state index in [-0.39, 0.29) is 34.6 Å². The third-order valence-corrected chi connectivity index (χ3v) is 5.32. The first-order valence-electron chi connectivity index (χ1n) is 10.2. The molecule has 0 unspecified atom stereocenters. The third-order valence-electron chi connectivity index (χ3n) is 3.74. The quantitative estimate of drug-likeness (QED) is 0.0961. The van der Waals surface area contributed by atoms with Crippen LogP contribution in [0.5, 0.6) is 0 Å². The summed E-state index contributed by atoms with van der Waals surface area (Å²) in [5.74, 6) is -1.47. The normalized spacial score (nSPS) is 10.8. The number of hydrogen-bond donors (Lipinski definition) is 0. The average molecular weight is 523 g/mol. The molecule has 0 aromatic carbocycles. The van der Waals surface area contributed by atoms with E-state index in [0.29, 0.717) is 62.9 Å². The molecule has 10 nitrogen and oxygen atoms in total. The van der Waals surface area contributed by atoms with Crippen molar-refractivity contribution < 1.29 is 45.0 Å². The van der Waals surface area contributed by atoms with Crippen molar-refractivity contribution in [3.63, 3.8) is 0 Å². The van der Waals surface area contributed by atoms with Gasteiger partial charge in [-0.05, 0) is 39.5 Å². The molecular weight excluding hydrogens is 489 g/mol. The van der Waals surface area contributed by atoms with Crippen molar-refractivity contribution >= 4 is 55.2 Å². The van der Waals surface area contributed by atoms with Crippen LogP contribution in [0.25, 0.3) is 0 Å². The zero-order valence-corrected chi connectivity index (χ0v) is 22.6. The number of unbranched alkanes of at least 4 members (excludes halogenated alkanes) is 6. The molecule has 0 rings (SSSR count). The molecule has 0 aliphatic rings. The van der Waals surface area contributed by atoms with Gasteiger partial charge in [-0.2, -0.15) is 0 Å². The van der Waals surface area contributed by atoms with Crippen LogP contribution in [0.2, 0.25) is 0 Å². The van der Waals surface area contributed by atoms with E-state index in [1.54, 1.807) is 13.8 Å². The molecular formula is C20H34MgO10S2. The molecule has 0 atom stereocenters. The molecule has 0 spiro atoms. The van der Waals surface area contributed by atoms with E-state index in [4.69, 9.17) is 9.47 Å². The van der Waals surface area contributed by atoms with Crippen molar-refractivity contribution in [3.05, 3.63) is 24.3 Å². The van der Waals surface area contributed by atoms with Gasteiger partial charge in [-0.1, -0.05) is 38.8 Å². The zero-order chi connectivity index (χ0) is 25.2. The second kappa shape index (κ2) is 20.4. The van der Waals surface area contributed by atoms with E-state index >= 15 is 0 Å². The van der Waals surface area contributed by atoms with Gasteiger partial charge in [-0.15, -0.1) is 0 Å². The van der Waals surface area contributed by atoms with E-state index in [2.05, 4.69) is 13.2 Å². The van der Waals surface area contributed by atoms with Gasteiger partial charge in [0.2, 0.25) is 0 Å². The predicted octanol–water partition coefficient (Wildman–Crippen LogP) is 2.04. The summed E-state index contributed by atoms with van der Waals surface area (Å²) in [5.41, 5.74) is 0.717. The van der Waals surface area contributed by atoms with Crippen LogP contribution in [0.1, 0.15) is 65.2 Å². The molecule has 0 saturated heterocycles. The largest absolute Gasteiger partial charge is 2.00 e. The van der Waals surface area contributed by atoms with Crippen LogP contribution in [-0.2, 0) is 39.3 Å². The molecule has 13 heteroatoms. The fourth-order valence-electron chi connectivity index (χ4n) is 2.05. The Bertz CT molecular complexity index is 737. The maximum absolute atomic E-state index is 10.9. The van der Waals surface area contributed by atoms with E-state index < -0.39 is 32.2 Å². The van der Waals surface area contributed by atoms with Crippen LogP contribution >= 0.6 is 0 Å². The topological polar surface area (TPSA) is 167 Å². The number of carbonyl (C=O) groups excluding carboxylic acids is 2. The van der Waals surface area contributed by atoms with Crippen LogP contribution in [0, 0.1) is 0 Å². The standard InChI is InChI=1S/2C10H18O5S.Mg/c2*1-9(2)10(11)15-7-5-3-4-6-8-16(12,13)14;/h2*1,3-8H2,2H3,(H,12,13,14);/q;;+2/p-2. The molecule has 0 amide bonds. The van der Waals surface area contributed by atoms with Crippen molar-refractivity contribution in [1.29, 1.82) is 0 Å². The van der Waals surface area contributed by atoms with Crippen LogP contribution < -0.4 is 0 Å². The number of rotatable bonds is 16. The van der Waals surface area contributed by atoms with Crippen molar-refractivity contribution in [2.24, 2.45) is 0 Å². The molecule has 0 saturated carbocycles. The summed E-state index contributed by atoms with van der Waals surface area (Å²) < 4.78 is 71.2. The van der Waals surface area contributed by atoms with Gasteiger partial charge >= 0.3 is 35.0 Å². The number of esters is 2. The van der Waals surface area contributed by atoms with Gasteiger partial charge in [-0.3, -0.25) is 0 Å². The van der Waals surface area contributed by atoms with E-state index in [1.165, 1.54) is 0 Å². The Kier molecular flexibility index (Phi) is 22.6. The minimum Gasteiger partial charge on any atom is -0.748 e. The monoisotopic (exact) mass is 522 g/mol. The molecule has 188 valence electrons. The zero-order valence-electron chi connectivity index (χ0n) is 19.5. The minimum absolute atomic E-state index is 0. The second-order valence-electron chi connectivity index (χ2n) is 7.18. The molecule has 0 fully saturated rings. The summed E-state index contributed by atoms with van der Waals surface area (Å²) in [4.78, 5) is 21.8.